The van der Waals surface area contributed by atoms with Crippen LogP contribution in [0, 0.1) is 11.8 Å². The minimum Gasteiger partial charge on any atom is -0.392 e. The van der Waals surface area contributed by atoms with E-state index in [2.05, 4.69) is 6.92 Å². The highest BCUT2D eigenvalue weighted by molar-refractivity contribution is 6.42. The van der Waals surface area contributed by atoms with Gasteiger partial charge in [-0.3, -0.25) is 0 Å². The molecule has 0 amide bonds. The van der Waals surface area contributed by atoms with E-state index in [0.29, 0.717) is 22.4 Å². The van der Waals surface area contributed by atoms with E-state index in [9.17, 15) is 5.11 Å². The molecule has 1 aliphatic carbocycles. The van der Waals surface area contributed by atoms with Gasteiger partial charge in [-0.2, -0.15) is 0 Å². The molecule has 1 unspecified atom stereocenters. The molecule has 106 valence electrons. The van der Waals surface area contributed by atoms with Crippen molar-refractivity contribution in [3.8, 4) is 0 Å². The van der Waals surface area contributed by atoms with Crippen LogP contribution in [0.5, 0.6) is 0 Å². The van der Waals surface area contributed by atoms with Crippen LogP contribution in [0.2, 0.25) is 10.0 Å². The fourth-order valence-corrected chi connectivity index (χ4v) is 3.38. The van der Waals surface area contributed by atoms with Gasteiger partial charge in [0.05, 0.1) is 16.1 Å². The number of rotatable bonds is 4. The first-order valence-corrected chi connectivity index (χ1v) is 7.97. The van der Waals surface area contributed by atoms with Crippen LogP contribution in [0.4, 0.5) is 0 Å². The average molecular weight is 301 g/mol. The summed E-state index contributed by atoms with van der Waals surface area (Å²) in [6.45, 7) is 2.26. The molecule has 3 heteroatoms. The van der Waals surface area contributed by atoms with E-state index >= 15 is 0 Å². The van der Waals surface area contributed by atoms with E-state index in [1.54, 1.807) is 6.07 Å². The summed E-state index contributed by atoms with van der Waals surface area (Å²) in [5.41, 5.74) is 1.07. The van der Waals surface area contributed by atoms with Crippen molar-refractivity contribution in [2.24, 2.45) is 11.8 Å². The van der Waals surface area contributed by atoms with Gasteiger partial charge in [0.1, 0.15) is 0 Å². The summed E-state index contributed by atoms with van der Waals surface area (Å²) >= 11 is 11.9. The summed E-state index contributed by atoms with van der Waals surface area (Å²) in [4.78, 5) is 0. The highest BCUT2D eigenvalue weighted by Gasteiger charge is 2.25. The third-order valence-corrected chi connectivity index (χ3v) is 5.18. The first-order valence-electron chi connectivity index (χ1n) is 7.22. The lowest BCUT2D eigenvalue weighted by atomic mass is 9.77. The van der Waals surface area contributed by atoms with Crippen molar-refractivity contribution < 1.29 is 5.11 Å². The first-order chi connectivity index (χ1) is 9.10. The Hall–Kier alpha value is -0.240. The Kier molecular flexibility index (Phi) is 5.56. The molecule has 0 aromatic heterocycles. The van der Waals surface area contributed by atoms with Crippen molar-refractivity contribution in [3.05, 3.63) is 33.8 Å². The fourth-order valence-electron chi connectivity index (χ4n) is 3.06. The maximum atomic E-state index is 10.4. The lowest BCUT2D eigenvalue weighted by molar-refractivity contribution is 0.0735. The number of aliphatic hydroxyl groups is 1. The monoisotopic (exact) mass is 300 g/mol. The maximum absolute atomic E-state index is 10.4. The third kappa shape index (κ3) is 4.11. The van der Waals surface area contributed by atoms with Gasteiger partial charge in [-0.15, -0.1) is 0 Å². The van der Waals surface area contributed by atoms with Crippen LogP contribution in [-0.2, 0) is 6.42 Å². The van der Waals surface area contributed by atoms with Crippen molar-refractivity contribution in [2.75, 3.05) is 0 Å². The molecule has 0 spiro atoms. The van der Waals surface area contributed by atoms with Gasteiger partial charge in [-0.1, -0.05) is 55.5 Å². The normalized spacial score (nSPS) is 25.3. The van der Waals surface area contributed by atoms with Crippen LogP contribution in [0.3, 0.4) is 0 Å². The molecular formula is C16H22Cl2O. The molecule has 0 aliphatic heterocycles. The van der Waals surface area contributed by atoms with Crippen molar-refractivity contribution in [1.29, 1.82) is 0 Å². The van der Waals surface area contributed by atoms with Gasteiger partial charge in [0.15, 0.2) is 0 Å². The number of aliphatic hydroxyl groups excluding tert-OH is 1. The second-order valence-corrected chi connectivity index (χ2v) is 6.52. The predicted molar refractivity (Wildman–Crippen MR) is 81.9 cm³/mol. The molecule has 1 atom stereocenters. The molecule has 19 heavy (non-hydrogen) atoms. The third-order valence-electron chi connectivity index (χ3n) is 4.44. The van der Waals surface area contributed by atoms with Crippen LogP contribution in [0.1, 0.15) is 44.6 Å². The minimum absolute atomic E-state index is 0.255. The molecule has 0 radical (unpaired) electrons. The van der Waals surface area contributed by atoms with Gasteiger partial charge in [0.2, 0.25) is 0 Å². The number of hydrogen-bond donors (Lipinski definition) is 1. The van der Waals surface area contributed by atoms with Crippen molar-refractivity contribution >= 4 is 23.2 Å². The molecule has 0 bridgehead atoms. The quantitative estimate of drug-likeness (QED) is 0.819. The zero-order chi connectivity index (χ0) is 13.8. The van der Waals surface area contributed by atoms with Gasteiger partial charge in [0, 0.05) is 0 Å². The van der Waals surface area contributed by atoms with E-state index in [1.165, 1.54) is 19.3 Å². The highest BCUT2D eigenvalue weighted by atomic mass is 35.5. The molecule has 1 saturated carbocycles. The van der Waals surface area contributed by atoms with Crippen LogP contribution in [0.25, 0.3) is 0 Å². The summed E-state index contributed by atoms with van der Waals surface area (Å²) in [6.07, 6.45) is 6.53. The predicted octanol–water partition coefficient (Wildman–Crippen LogP) is 5.11. The lowest BCUT2D eigenvalue weighted by Crippen LogP contribution is -2.27. The molecule has 1 aromatic carbocycles. The van der Waals surface area contributed by atoms with Crippen molar-refractivity contribution in [1.82, 2.24) is 0 Å². The van der Waals surface area contributed by atoms with Crippen LogP contribution in [-0.4, -0.2) is 11.2 Å². The summed E-state index contributed by atoms with van der Waals surface area (Å²) in [5, 5.41) is 11.5. The Morgan fingerprint density at radius 2 is 1.84 bits per heavy atom. The van der Waals surface area contributed by atoms with Crippen LogP contribution < -0.4 is 0 Å². The van der Waals surface area contributed by atoms with Crippen LogP contribution in [0.15, 0.2) is 18.2 Å². The second kappa shape index (κ2) is 6.97. The minimum atomic E-state index is -0.255. The van der Waals surface area contributed by atoms with Gasteiger partial charge in [0.25, 0.3) is 0 Å². The van der Waals surface area contributed by atoms with E-state index in [4.69, 9.17) is 23.2 Å². The summed E-state index contributed by atoms with van der Waals surface area (Å²) in [5.74, 6) is 1.31. The standard InChI is InChI=1S/C16H22Cl2O/c1-2-11-3-6-13(7-4-11)16(19)10-12-5-8-14(17)15(18)9-12/h5,8-9,11,13,16,19H,2-4,6-7,10H2,1H3. The van der Waals surface area contributed by atoms with E-state index in [1.807, 2.05) is 12.1 Å². The largest absolute Gasteiger partial charge is 0.392 e. The molecule has 1 aliphatic rings. The van der Waals surface area contributed by atoms with Crippen molar-refractivity contribution in [2.45, 2.75) is 51.6 Å². The van der Waals surface area contributed by atoms with Gasteiger partial charge < -0.3 is 5.11 Å². The zero-order valence-corrected chi connectivity index (χ0v) is 12.9. The molecular weight excluding hydrogens is 279 g/mol. The molecule has 2 rings (SSSR count). The maximum Gasteiger partial charge on any atom is 0.0608 e. The Balaban J connectivity index is 1.90. The first kappa shape index (κ1) is 15.2. The fraction of sp³-hybridized carbons (Fsp3) is 0.625. The zero-order valence-electron chi connectivity index (χ0n) is 11.4. The lowest BCUT2D eigenvalue weighted by Gasteiger charge is -2.31. The second-order valence-electron chi connectivity index (χ2n) is 5.71. The smallest absolute Gasteiger partial charge is 0.0608 e. The van der Waals surface area contributed by atoms with Gasteiger partial charge in [-0.25, -0.2) is 0 Å². The van der Waals surface area contributed by atoms with E-state index < -0.39 is 0 Å². The van der Waals surface area contributed by atoms with Gasteiger partial charge >= 0.3 is 0 Å². The molecule has 0 heterocycles. The molecule has 1 nitrogen and oxygen atoms in total. The summed E-state index contributed by atoms with van der Waals surface area (Å²) in [6, 6.07) is 5.62. The molecule has 0 saturated heterocycles. The molecule has 1 aromatic rings. The van der Waals surface area contributed by atoms with Crippen LogP contribution >= 0.6 is 23.2 Å². The van der Waals surface area contributed by atoms with Crippen molar-refractivity contribution in [3.63, 3.8) is 0 Å². The van der Waals surface area contributed by atoms with E-state index in [0.717, 1.165) is 24.3 Å². The summed E-state index contributed by atoms with van der Waals surface area (Å²) in [7, 11) is 0. The number of halogens is 2. The Morgan fingerprint density at radius 3 is 2.42 bits per heavy atom. The summed E-state index contributed by atoms with van der Waals surface area (Å²) < 4.78 is 0. The Bertz CT molecular complexity index is 411. The molecule has 1 fully saturated rings. The van der Waals surface area contributed by atoms with Gasteiger partial charge in [-0.05, 0) is 48.8 Å². The molecule has 1 N–H and O–H groups in total. The highest BCUT2D eigenvalue weighted by Crippen LogP contribution is 2.33. The topological polar surface area (TPSA) is 20.2 Å². The number of hydrogen-bond acceptors (Lipinski definition) is 1. The number of benzene rings is 1. The average Bonchev–Trinajstić information content (AvgIpc) is 2.43. The SMILES string of the molecule is CCC1CCC(C(O)Cc2ccc(Cl)c(Cl)c2)CC1. The Labute approximate surface area is 125 Å². The Morgan fingerprint density at radius 1 is 1.16 bits per heavy atom. The van der Waals surface area contributed by atoms with E-state index in [-0.39, 0.29) is 6.10 Å².